The molecule has 2 aromatic carbocycles. The molecule has 0 spiro atoms. The molecule has 128 valence electrons. The standard InChI is InChI=1S/C18H19Cl2NO3/c1-3-9-24-17-13(19)10-12(11-14(17)20)18(22)21-15-7-5-6-8-16(15)23-4-2/h5-8,10-11H,3-4,9H2,1-2H3,(H,21,22). The average molecular weight is 368 g/mol. The molecule has 0 radical (unpaired) electrons. The Morgan fingerprint density at radius 1 is 1.08 bits per heavy atom. The molecule has 0 aromatic heterocycles. The summed E-state index contributed by atoms with van der Waals surface area (Å²) in [7, 11) is 0. The second-order valence-electron chi connectivity index (χ2n) is 5.00. The number of carbonyl (C=O) groups excluding carboxylic acids is 1. The molecule has 0 heterocycles. The number of hydrogen-bond acceptors (Lipinski definition) is 3. The zero-order valence-electron chi connectivity index (χ0n) is 13.6. The van der Waals surface area contributed by atoms with Crippen molar-refractivity contribution in [2.24, 2.45) is 0 Å². The number of carbonyl (C=O) groups is 1. The van der Waals surface area contributed by atoms with Crippen LogP contribution < -0.4 is 14.8 Å². The minimum Gasteiger partial charge on any atom is -0.492 e. The number of amides is 1. The lowest BCUT2D eigenvalue weighted by molar-refractivity contribution is 0.102. The van der Waals surface area contributed by atoms with E-state index in [1.54, 1.807) is 12.1 Å². The van der Waals surface area contributed by atoms with Gasteiger partial charge in [-0.1, -0.05) is 42.3 Å². The summed E-state index contributed by atoms with van der Waals surface area (Å²) in [5, 5.41) is 3.42. The smallest absolute Gasteiger partial charge is 0.255 e. The van der Waals surface area contributed by atoms with Gasteiger partial charge in [-0.3, -0.25) is 4.79 Å². The van der Waals surface area contributed by atoms with Gasteiger partial charge in [0.05, 0.1) is 28.9 Å². The average Bonchev–Trinajstić information content (AvgIpc) is 2.56. The summed E-state index contributed by atoms with van der Waals surface area (Å²) in [5.74, 6) is 0.674. The summed E-state index contributed by atoms with van der Waals surface area (Å²) in [6, 6.07) is 10.3. The van der Waals surface area contributed by atoms with Crippen molar-refractivity contribution in [3.05, 3.63) is 52.0 Å². The summed E-state index contributed by atoms with van der Waals surface area (Å²) >= 11 is 12.4. The molecule has 0 saturated carbocycles. The van der Waals surface area contributed by atoms with Gasteiger partial charge >= 0.3 is 0 Å². The zero-order chi connectivity index (χ0) is 17.5. The highest BCUT2D eigenvalue weighted by Gasteiger charge is 2.15. The zero-order valence-corrected chi connectivity index (χ0v) is 15.1. The first-order chi connectivity index (χ1) is 11.6. The van der Waals surface area contributed by atoms with Crippen molar-refractivity contribution in [2.45, 2.75) is 20.3 Å². The van der Waals surface area contributed by atoms with Gasteiger partial charge in [0.15, 0.2) is 5.75 Å². The van der Waals surface area contributed by atoms with Crippen LogP contribution in [0.1, 0.15) is 30.6 Å². The third kappa shape index (κ3) is 4.56. The van der Waals surface area contributed by atoms with Crippen LogP contribution in [0.15, 0.2) is 36.4 Å². The normalized spacial score (nSPS) is 10.3. The Kier molecular flexibility index (Phi) is 6.76. The molecule has 0 fully saturated rings. The summed E-state index contributed by atoms with van der Waals surface area (Å²) in [6.07, 6.45) is 0.836. The van der Waals surface area contributed by atoms with E-state index in [1.807, 2.05) is 26.0 Å². The Bertz CT molecular complexity index is 696. The number of halogens is 2. The molecule has 0 unspecified atom stereocenters. The van der Waals surface area contributed by atoms with Crippen LogP contribution in [0.5, 0.6) is 11.5 Å². The second kappa shape index (κ2) is 8.81. The first-order valence-corrected chi connectivity index (χ1v) is 8.47. The van der Waals surface area contributed by atoms with Gasteiger partial charge in [-0.25, -0.2) is 0 Å². The molecule has 4 nitrogen and oxygen atoms in total. The number of para-hydroxylation sites is 2. The molecule has 0 aliphatic carbocycles. The highest BCUT2D eigenvalue weighted by Crippen LogP contribution is 2.35. The topological polar surface area (TPSA) is 47.6 Å². The van der Waals surface area contributed by atoms with Crippen molar-refractivity contribution >= 4 is 34.8 Å². The second-order valence-corrected chi connectivity index (χ2v) is 5.82. The molecule has 2 rings (SSSR count). The number of hydrogen-bond donors (Lipinski definition) is 1. The van der Waals surface area contributed by atoms with Crippen molar-refractivity contribution in [3.8, 4) is 11.5 Å². The molecule has 1 amide bonds. The molecule has 6 heteroatoms. The Morgan fingerprint density at radius 3 is 2.38 bits per heavy atom. The molecular weight excluding hydrogens is 349 g/mol. The van der Waals surface area contributed by atoms with Gasteiger partial charge in [-0.05, 0) is 37.6 Å². The predicted octanol–water partition coefficient (Wildman–Crippen LogP) is 5.43. The van der Waals surface area contributed by atoms with E-state index < -0.39 is 0 Å². The fourth-order valence-electron chi connectivity index (χ4n) is 2.08. The minimum atomic E-state index is -0.326. The van der Waals surface area contributed by atoms with Crippen LogP contribution in [0, 0.1) is 0 Å². The highest BCUT2D eigenvalue weighted by atomic mass is 35.5. The molecule has 0 bridgehead atoms. The largest absolute Gasteiger partial charge is 0.492 e. The Balaban J connectivity index is 2.21. The van der Waals surface area contributed by atoms with Crippen molar-refractivity contribution in [1.29, 1.82) is 0 Å². The van der Waals surface area contributed by atoms with Gasteiger partial charge in [0.1, 0.15) is 5.75 Å². The molecular formula is C18H19Cl2NO3. The molecule has 1 N–H and O–H groups in total. The van der Waals surface area contributed by atoms with Crippen LogP contribution in [0.3, 0.4) is 0 Å². The van der Waals surface area contributed by atoms with E-state index in [2.05, 4.69) is 5.32 Å². The van der Waals surface area contributed by atoms with Gasteiger partial charge < -0.3 is 14.8 Å². The van der Waals surface area contributed by atoms with E-state index in [-0.39, 0.29) is 5.91 Å². The van der Waals surface area contributed by atoms with E-state index in [0.717, 1.165) is 6.42 Å². The van der Waals surface area contributed by atoms with Crippen LogP contribution >= 0.6 is 23.2 Å². The maximum absolute atomic E-state index is 12.5. The van der Waals surface area contributed by atoms with Crippen molar-refractivity contribution < 1.29 is 14.3 Å². The third-order valence-corrected chi connectivity index (χ3v) is 3.71. The molecule has 2 aromatic rings. The third-order valence-electron chi connectivity index (χ3n) is 3.15. The SMILES string of the molecule is CCCOc1c(Cl)cc(C(=O)Nc2ccccc2OCC)cc1Cl. The fraction of sp³-hybridized carbons (Fsp3) is 0.278. The summed E-state index contributed by atoms with van der Waals surface area (Å²) in [6.45, 7) is 4.88. The van der Waals surface area contributed by atoms with E-state index >= 15 is 0 Å². The number of benzene rings is 2. The van der Waals surface area contributed by atoms with Crippen molar-refractivity contribution in [3.63, 3.8) is 0 Å². The van der Waals surface area contributed by atoms with Gasteiger partial charge in [0.2, 0.25) is 0 Å². The maximum atomic E-state index is 12.5. The van der Waals surface area contributed by atoms with E-state index in [0.29, 0.717) is 46.0 Å². The molecule has 0 aliphatic rings. The fourth-order valence-corrected chi connectivity index (χ4v) is 2.67. The Hall–Kier alpha value is -1.91. The van der Waals surface area contributed by atoms with Crippen LogP contribution in [0.2, 0.25) is 10.0 Å². The molecule has 0 aliphatic heterocycles. The van der Waals surface area contributed by atoms with Crippen molar-refractivity contribution in [2.75, 3.05) is 18.5 Å². The number of anilines is 1. The molecule has 0 atom stereocenters. The van der Waals surface area contributed by atoms with Crippen LogP contribution in [0.25, 0.3) is 0 Å². The van der Waals surface area contributed by atoms with Crippen molar-refractivity contribution in [1.82, 2.24) is 0 Å². The van der Waals surface area contributed by atoms with Crippen LogP contribution in [-0.2, 0) is 0 Å². The van der Waals surface area contributed by atoms with E-state index in [9.17, 15) is 4.79 Å². The van der Waals surface area contributed by atoms with Crippen LogP contribution in [0.4, 0.5) is 5.69 Å². The first-order valence-electron chi connectivity index (χ1n) is 7.71. The van der Waals surface area contributed by atoms with E-state index in [1.165, 1.54) is 12.1 Å². The number of nitrogens with one attached hydrogen (secondary N) is 1. The maximum Gasteiger partial charge on any atom is 0.255 e. The number of ether oxygens (including phenoxy) is 2. The summed E-state index contributed by atoms with van der Waals surface area (Å²) in [4.78, 5) is 12.5. The van der Waals surface area contributed by atoms with Crippen LogP contribution in [-0.4, -0.2) is 19.1 Å². The predicted molar refractivity (Wildman–Crippen MR) is 97.8 cm³/mol. The Labute approximate surface area is 151 Å². The molecule has 24 heavy (non-hydrogen) atoms. The minimum absolute atomic E-state index is 0.305. The molecule has 0 saturated heterocycles. The van der Waals surface area contributed by atoms with Gasteiger partial charge in [0, 0.05) is 5.56 Å². The summed E-state index contributed by atoms with van der Waals surface area (Å²) in [5.41, 5.74) is 0.933. The lowest BCUT2D eigenvalue weighted by Gasteiger charge is -2.13. The van der Waals surface area contributed by atoms with Gasteiger partial charge in [0.25, 0.3) is 5.91 Å². The van der Waals surface area contributed by atoms with Gasteiger partial charge in [-0.2, -0.15) is 0 Å². The highest BCUT2D eigenvalue weighted by molar-refractivity contribution is 6.37. The van der Waals surface area contributed by atoms with Gasteiger partial charge in [-0.15, -0.1) is 0 Å². The first kappa shape index (κ1) is 18.4. The van der Waals surface area contributed by atoms with E-state index in [4.69, 9.17) is 32.7 Å². The lowest BCUT2D eigenvalue weighted by atomic mass is 10.2. The Morgan fingerprint density at radius 2 is 1.75 bits per heavy atom. The monoisotopic (exact) mass is 367 g/mol. The quantitative estimate of drug-likeness (QED) is 0.709. The summed E-state index contributed by atoms with van der Waals surface area (Å²) < 4.78 is 11.0. The number of rotatable bonds is 7. The lowest BCUT2D eigenvalue weighted by Crippen LogP contribution is -2.13.